The van der Waals surface area contributed by atoms with Gasteiger partial charge in [0.05, 0.1) is 5.56 Å². The summed E-state index contributed by atoms with van der Waals surface area (Å²) in [4.78, 5) is 19.7. The fraction of sp³-hybridized carbons (Fsp3) is 0.450. The molecule has 0 N–H and O–H groups in total. The molecule has 7 heteroatoms. The maximum atomic E-state index is 13.3. The van der Waals surface area contributed by atoms with Crippen LogP contribution in [0.2, 0.25) is 5.15 Å². The number of piperazine rings is 1. The Kier molecular flexibility index (Phi) is 5.16. The number of aromatic nitrogens is 2. The zero-order valence-electron chi connectivity index (χ0n) is 15.6. The van der Waals surface area contributed by atoms with E-state index in [1.165, 1.54) is 12.8 Å². The van der Waals surface area contributed by atoms with Gasteiger partial charge < -0.3 is 14.7 Å². The smallest absolute Gasteiger partial charge is 0.256 e. The predicted octanol–water partition coefficient (Wildman–Crippen LogP) is 3.00. The first kappa shape index (κ1) is 18.0. The highest BCUT2D eigenvalue weighted by atomic mass is 35.5. The molecule has 0 radical (unpaired) electrons. The van der Waals surface area contributed by atoms with Crippen molar-refractivity contribution in [2.75, 3.05) is 49.1 Å². The molecular weight excluding hydrogens is 362 g/mol. The van der Waals surface area contributed by atoms with Crippen LogP contribution in [0.3, 0.4) is 0 Å². The number of halogens is 1. The highest BCUT2D eigenvalue weighted by molar-refractivity contribution is 6.29. The molecule has 0 bridgehead atoms. The molecule has 0 atom stereocenters. The number of carbonyl (C=O) groups excluding carboxylic acids is 1. The minimum absolute atomic E-state index is 0.127. The fourth-order valence-corrected chi connectivity index (χ4v) is 3.94. The summed E-state index contributed by atoms with van der Waals surface area (Å²) in [6.07, 6.45) is 2.39. The molecule has 3 heterocycles. The van der Waals surface area contributed by atoms with Crippen LogP contribution in [-0.2, 0) is 0 Å². The lowest BCUT2D eigenvalue weighted by Gasteiger charge is -2.36. The fourth-order valence-electron chi connectivity index (χ4n) is 3.84. The molecule has 2 aromatic rings. The first-order chi connectivity index (χ1) is 13.1. The molecule has 6 nitrogen and oxygen atoms in total. The lowest BCUT2D eigenvalue weighted by atomic mass is 10.1. The van der Waals surface area contributed by atoms with Crippen molar-refractivity contribution < 1.29 is 4.79 Å². The Morgan fingerprint density at radius 1 is 0.926 bits per heavy atom. The van der Waals surface area contributed by atoms with Crippen molar-refractivity contribution in [2.45, 2.75) is 19.8 Å². The third kappa shape index (κ3) is 3.86. The van der Waals surface area contributed by atoms with Gasteiger partial charge in [0.2, 0.25) is 0 Å². The molecule has 2 fully saturated rings. The summed E-state index contributed by atoms with van der Waals surface area (Å²) in [7, 11) is 0. The first-order valence-electron chi connectivity index (χ1n) is 9.51. The molecule has 2 aliphatic rings. The highest BCUT2D eigenvalue weighted by Gasteiger charge is 2.26. The van der Waals surface area contributed by atoms with Crippen LogP contribution in [0.25, 0.3) is 0 Å². The normalized spacial score (nSPS) is 17.5. The van der Waals surface area contributed by atoms with Gasteiger partial charge in [-0.15, -0.1) is 10.2 Å². The molecule has 0 aliphatic carbocycles. The van der Waals surface area contributed by atoms with Gasteiger partial charge in [-0.25, -0.2) is 0 Å². The molecule has 142 valence electrons. The molecule has 0 spiro atoms. The Morgan fingerprint density at radius 3 is 2.33 bits per heavy atom. The highest BCUT2D eigenvalue weighted by Crippen LogP contribution is 2.27. The number of anilines is 2. The van der Waals surface area contributed by atoms with Crippen molar-refractivity contribution in [1.29, 1.82) is 0 Å². The number of benzene rings is 1. The van der Waals surface area contributed by atoms with Gasteiger partial charge in [0.1, 0.15) is 0 Å². The molecule has 0 saturated carbocycles. The summed E-state index contributed by atoms with van der Waals surface area (Å²) in [5.41, 5.74) is 3.03. The molecule has 27 heavy (non-hydrogen) atoms. The van der Waals surface area contributed by atoms with Crippen LogP contribution in [0, 0.1) is 6.92 Å². The third-order valence-electron chi connectivity index (χ3n) is 5.34. The quantitative estimate of drug-likeness (QED) is 0.813. The van der Waals surface area contributed by atoms with Gasteiger partial charge in [0.25, 0.3) is 5.91 Å². The molecule has 1 aromatic heterocycles. The average Bonchev–Trinajstić information content (AvgIpc) is 3.23. The lowest BCUT2D eigenvalue weighted by molar-refractivity contribution is 0.0747. The number of hydrogen-bond donors (Lipinski definition) is 0. The van der Waals surface area contributed by atoms with E-state index in [9.17, 15) is 4.79 Å². The maximum Gasteiger partial charge on any atom is 0.256 e. The van der Waals surface area contributed by atoms with Crippen molar-refractivity contribution in [3.63, 3.8) is 0 Å². The molecule has 2 aliphatic heterocycles. The number of carbonyl (C=O) groups is 1. The van der Waals surface area contributed by atoms with Crippen LogP contribution in [0.15, 0.2) is 30.3 Å². The van der Waals surface area contributed by atoms with Gasteiger partial charge >= 0.3 is 0 Å². The minimum atomic E-state index is 0.127. The van der Waals surface area contributed by atoms with Crippen LogP contribution in [0.4, 0.5) is 11.5 Å². The van der Waals surface area contributed by atoms with E-state index < -0.39 is 0 Å². The predicted molar refractivity (Wildman–Crippen MR) is 108 cm³/mol. The van der Waals surface area contributed by atoms with E-state index in [4.69, 9.17) is 11.6 Å². The molecule has 1 amide bonds. The SMILES string of the molecule is Cc1ccc(N2CCCC2)c(C(=O)N2CCN(c3ccc(Cl)nn3)CC2)c1. The number of aryl methyl sites for hydroxylation is 1. The van der Waals surface area contributed by atoms with Crippen LogP contribution in [0.1, 0.15) is 28.8 Å². The number of rotatable bonds is 3. The summed E-state index contributed by atoms with van der Waals surface area (Å²) in [6, 6.07) is 9.86. The number of nitrogens with zero attached hydrogens (tertiary/aromatic N) is 5. The zero-order valence-corrected chi connectivity index (χ0v) is 16.3. The molecule has 1 aromatic carbocycles. The molecular formula is C20H24ClN5O. The van der Waals surface area contributed by atoms with E-state index in [0.29, 0.717) is 18.2 Å². The number of amides is 1. The number of hydrogen-bond acceptors (Lipinski definition) is 5. The van der Waals surface area contributed by atoms with Gasteiger partial charge in [-0.2, -0.15) is 0 Å². The summed E-state index contributed by atoms with van der Waals surface area (Å²) < 4.78 is 0. The van der Waals surface area contributed by atoms with E-state index >= 15 is 0 Å². The van der Waals surface area contributed by atoms with E-state index in [-0.39, 0.29) is 5.91 Å². The Labute approximate surface area is 164 Å². The first-order valence-corrected chi connectivity index (χ1v) is 9.89. The Hall–Kier alpha value is -2.34. The second-order valence-corrected chi connectivity index (χ2v) is 7.60. The van der Waals surface area contributed by atoms with Crippen LogP contribution in [-0.4, -0.2) is 60.3 Å². The summed E-state index contributed by atoms with van der Waals surface area (Å²) in [5.74, 6) is 0.933. The van der Waals surface area contributed by atoms with E-state index in [1.54, 1.807) is 6.07 Å². The Balaban J connectivity index is 1.48. The van der Waals surface area contributed by atoms with Gasteiger partial charge in [-0.3, -0.25) is 4.79 Å². The van der Waals surface area contributed by atoms with Crippen LogP contribution in [0.5, 0.6) is 0 Å². The minimum Gasteiger partial charge on any atom is -0.371 e. The lowest BCUT2D eigenvalue weighted by Crippen LogP contribution is -2.49. The van der Waals surface area contributed by atoms with Crippen LogP contribution >= 0.6 is 11.6 Å². The Morgan fingerprint density at radius 2 is 1.67 bits per heavy atom. The molecule has 4 rings (SSSR count). The van der Waals surface area contributed by atoms with Crippen molar-refractivity contribution in [1.82, 2.24) is 15.1 Å². The second kappa shape index (κ2) is 7.72. The van der Waals surface area contributed by atoms with Gasteiger partial charge in [-0.05, 0) is 44.0 Å². The standard InChI is InChI=1S/C20H24ClN5O/c1-15-4-5-17(24-8-2-3-9-24)16(14-15)20(27)26-12-10-25(11-13-26)19-7-6-18(21)22-23-19/h4-7,14H,2-3,8-13H2,1H3. The topological polar surface area (TPSA) is 52.6 Å². The van der Waals surface area contributed by atoms with Crippen molar-refractivity contribution in [3.05, 3.63) is 46.6 Å². The summed E-state index contributed by atoms with van der Waals surface area (Å²) in [5, 5.41) is 8.44. The van der Waals surface area contributed by atoms with Crippen LogP contribution < -0.4 is 9.80 Å². The maximum absolute atomic E-state index is 13.3. The molecule has 2 saturated heterocycles. The summed E-state index contributed by atoms with van der Waals surface area (Å²) >= 11 is 5.82. The van der Waals surface area contributed by atoms with E-state index in [1.807, 2.05) is 24.0 Å². The summed E-state index contributed by atoms with van der Waals surface area (Å²) in [6.45, 7) is 6.95. The molecule has 0 unspecified atom stereocenters. The largest absolute Gasteiger partial charge is 0.371 e. The monoisotopic (exact) mass is 385 g/mol. The van der Waals surface area contributed by atoms with Crippen molar-refractivity contribution >= 4 is 29.0 Å². The van der Waals surface area contributed by atoms with Gasteiger partial charge in [0, 0.05) is 45.0 Å². The average molecular weight is 386 g/mol. The van der Waals surface area contributed by atoms with Crippen molar-refractivity contribution in [3.8, 4) is 0 Å². The third-order valence-corrected chi connectivity index (χ3v) is 5.54. The van der Waals surface area contributed by atoms with E-state index in [0.717, 1.165) is 48.8 Å². The Bertz CT molecular complexity index is 812. The van der Waals surface area contributed by atoms with Crippen molar-refractivity contribution in [2.24, 2.45) is 0 Å². The van der Waals surface area contributed by atoms with Gasteiger partial charge in [-0.1, -0.05) is 23.2 Å². The second-order valence-electron chi connectivity index (χ2n) is 7.21. The zero-order chi connectivity index (χ0) is 18.8. The van der Waals surface area contributed by atoms with E-state index in [2.05, 4.69) is 32.1 Å². The van der Waals surface area contributed by atoms with Gasteiger partial charge in [0.15, 0.2) is 11.0 Å².